The van der Waals surface area contributed by atoms with E-state index in [9.17, 15) is 0 Å². The number of fused-ring (bicyclic) bond motifs is 3. The summed E-state index contributed by atoms with van der Waals surface area (Å²) in [5, 5.41) is 3.60. The number of anilines is 1. The van der Waals surface area contributed by atoms with Gasteiger partial charge < -0.3 is 5.32 Å². The Kier molecular flexibility index (Phi) is 3.40. The van der Waals surface area contributed by atoms with Crippen molar-refractivity contribution in [3.05, 3.63) is 65.7 Å². The molecule has 0 aliphatic carbocycles. The molecule has 1 N–H and O–H groups in total. The minimum Gasteiger partial charge on any atom is -0.385 e. The van der Waals surface area contributed by atoms with E-state index in [1.165, 1.54) is 36.3 Å². The van der Waals surface area contributed by atoms with Gasteiger partial charge in [0.25, 0.3) is 0 Å². The highest BCUT2D eigenvalue weighted by atomic mass is 15.2. The summed E-state index contributed by atoms with van der Waals surface area (Å²) < 4.78 is 0. The fourth-order valence-corrected chi connectivity index (χ4v) is 3.95. The Morgan fingerprint density at radius 1 is 0.952 bits per heavy atom. The van der Waals surface area contributed by atoms with Crippen molar-refractivity contribution >= 4 is 5.69 Å². The van der Waals surface area contributed by atoms with Crippen LogP contribution < -0.4 is 5.32 Å². The zero-order valence-corrected chi connectivity index (χ0v) is 12.3. The molecule has 0 saturated carbocycles. The zero-order chi connectivity index (χ0) is 14.1. The number of hydrogen-bond acceptors (Lipinski definition) is 2. The highest BCUT2D eigenvalue weighted by Crippen LogP contribution is 2.40. The van der Waals surface area contributed by atoms with Gasteiger partial charge in [0.2, 0.25) is 0 Å². The first-order valence-electron chi connectivity index (χ1n) is 7.99. The molecule has 21 heavy (non-hydrogen) atoms. The molecule has 1 fully saturated rings. The van der Waals surface area contributed by atoms with Crippen LogP contribution in [-0.2, 0) is 6.54 Å². The second kappa shape index (κ2) is 5.53. The third-order valence-corrected chi connectivity index (χ3v) is 4.96. The van der Waals surface area contributed by atoms with Crippen LogP contribution in [0.25, 0.3) is 0 Å². The molecule has 2 heterocycles. The van der Waals surface area contributed by atoms with Gasteiger partial charge in [-0.05, 0) is 29.5 Å². The molecular weight excluding hydrogens is 256 g/mol. The van der Waals surface area contributed by atoms with Crippen molar-refractivity contribution in [1.29, 1.82) is 0 Å². The Labute approximate surface area is 126 Å². The van der Waals surface area contributed by atoms with Crippen LogP contribution in [0.1, 0.15) is 23.5 Å². The van der Waals surface area contributed by atoms with Crippen molar-refractivity contribution in [2.24, 2.45) is 5.92 Å². The fourth-order valence-electron chi connectivity index (χ4n) is 3.95. The normalized spacial score (nSPS) is 24.8. The molecule has 2 unspecified atom stereocenters. The summed E-state index contributed by atoms with van der Waals surface area (Å²) in [7, 11) is 0. The monoisotopic (exact) mass is 278 g/mol. The third kappa shape index (κ3) is 2.56. The van der Waals surface area contributed by atoms with Crippen molar-refractivity contribution in [2.45, 2.75) is 18.9 Å². The van der Waals surface area contributed by atoms with Crippen LogP contribution in [0, 0.1) is 5.92 Å². The van der Waals surface area contributed by atoms with Crippen molar-refractivity contribution in [1.82, 2.24) is 4.90 Å². The van der Waals surface area contributed by atoms with Crippen LogP contribution in [0.3, 0.4) is 0 Å². The van der Waals surface area contributed by atoms with E-state index in [0.29, 0.717) is 5.92 Å². The smallest absolute Gasteiger partial charge is 0.0376 e. The molecule has 2 aliphatic rings. The van der Waals surface area contributed by atoms with E-state index in [1.54, 1.807) is 0 Å². The summed E-state index contributed by atoms with van der Waals surface area (Å²) in [4.78, 5) is 2.63. The molecule has 2 heteroatoms. The highest BCUT2D eigenvalue weighted by Gasteiger charge is 2.35. The van der Waals surface area contributed by atoms with Crippen molar-refractivity contribution in [2.75, 3.05) is 25.0 Å². The average Bonchev–Trinajstić information content (AvgIpc) is 2.83. The summed E-state index contributed by atoms with van der Waals surface area (Å²) in [6.07, 6.45) is 1.28. The lowest BCUT2D eigenvalue weighted by atomic mass is 9.87. The standard InChI is InChI=1S/C19H22N2/c1-2-6-15(7-3-1)12-21-13-16-10-11-20-19-9-5-4-8-17(19)18(16)14-21/h1-9,16,18,20H,10-14H2. The molecule has 2 aromatic carbocycles. The predicted octanol–water partition coefficient (Wildman–Crippen LogP) is 3.72. The summed E-state index contributed by atoms with van der Waals surface area (Å²) in [6.45, 7) is 4.62. The number of nitrogens with zero attached hydrogens (tertiary/aromatic N) is 1. The van der Waals surface area contributed by atoms with Crippen LogP contribution in [0.4, 0.5) is 5.69 Å². The third-order valence-electron chi connectivity index (χ3n) is 4.96. The van der Waals surface area contributed by atoms with Crippen molar-refractivity contribution < 1.29 is 0 Å². The van der Waals surface area contributed by atoms with Gasteiger partial charge in [-0.25, -0.2) is 0 Å². The quantitative estimate of drug-likeness (QED) is 0.900. The molecule has 2 nitrogen and oxygen atoms in total. The van der Waals surface area contributed by atoms with Crippen LogP contribution in [0.5, 0.6) is 0 Å². The SMILES string of the molecule is c1ccc(CN2CC3CCNc4ccccc4C3C2)cc1. The van der Waals surface area contributed by atoms with Gasteiger partial charge >= 0.3 is 0 Å². The largest absolute Gasteiger partial charge is 0.385 e. The number of likely N-dealkylation sites (tertiary alicyclic amines) is 1. The molecule has 0 aromatic heterocycles. The number of nitrogens with one attached hydrogen (secondary N) is 1. The maximum absolute atomic E-state index is 3.60. The van der Waals surface area contributed by atoms with Crippen LogP contribution in [0.2, 0.25) is 0 Å². The second-order valence-electron chi connectivity index (χ2n) is 6.35. The molecule has 108 valence electrons. The number of rotatable bonds is 2. The Morgan fingerprint density at radius 3 is 2.67 bits per heavy atom. The van der Waals surface area contributed by atoms with Gasteiger partial charge in [0.05, 0.1) is 0 Å². The summed E-state index contributed by atoms with van der Waals surface area (Å²) >= 11 is 0. The zero-order valence-electron chi connectivity index (χ0n) is 12.3. The van der Waals surface area contributed by atoms with Gasteiger partial charge in [0.15, 0.2) is 0 Å². The van der Waals surface area contributed by atoms with Crippen LogP contribution in [0.15, 0.2) is 54.6 Å². The Morgan fingerprint density at radius 2 is 1.76 bits per heavy atom. The number of hydrogen-bond donors (Lipinski definition) is 1. The van der Waals surface area contributed by atoms with E-state index in [-0.39, 0.29) is 0 Å². The average molecular weight is 278 g/mol. The van der Waals surface area contributed by atoms with Crippen LogP contribution in [-0.4, -0.2) is 24.5 Å². The Balaban J connectivity index is 1.55. The van der Waals surface area contributed by atoms with Gasteiger partial charge in [0, 0.05) is 37.8 Å². The second-order valence-corrected chi connectivity index (χ2v) is 6.35. The highest BCUT2D eigenvalue weighted by molar-refractivity contribution is 5.54. The summed E-state index contributed by atoms with van der Waals surface area (Å²) in [5.41, 5.74) is 4.31. The Bertz CT molecular complexity index is 608. The maximum atomic E-state index is 3.60. The minimum absolute atomic E-state index is 0.694. The molecule has 0 bridgehead atoms. The molecule has 0 radical (unpaired) electrons. The maximum Gasteiger partial charge on any atom is 0.0376 e. The van der Waals surface area contributed by atoms with Crippen molar-refractivity contribution in [3.8, 4) is 0 Å². The minimum atomic E-state index is 0.694. The van der Waals surface area contributed by atoms with E-state index in [2.05, 4.69) is 64.8 Å². The van der Waals surface area contributed by atoms with Gasteiger partial charge in [-0.1, -0.05) is 48.5 Å². The van der Waals surface area contributed by atoms with Gasteiger partial charge in [-0.15, -0.1) is 0 Å². The van der Waals surface area contributed by atoms with E-state index in [4.69, 9.17) is 0 Å². The number of para-hydroxylation sites is 1. The molecule has 2 aromatic rings. The molecule has 0 amide bonds. The lowest BCUT2D eigenvalue weighted by molar-refractivity contribution is 0.314. The lowest BCUT2D eigenvalue weighted by Crippen LogP contribution is -2.21. The predicted molar refractivity (Wildman–Crippen MR) is 87.5 cm³/mol. The molecule has 2 atom stereocenters. The van der Waals surface area contributed by atoms with E-state index < -0.39 is 0 Å². The molecule has 4 rings (SSSR count). The topological polar surface area (TPSA) is 15.3 Å². The van der Waals surface area contributed by atoms with Gasteiger partial charge in [-0.2, -0.15) is 0 Å². The summed E-state index contributed by atoms with van der Waals surface area (Å²) in [5.74, 6) is 1.49. The first-order chi connectivity index (χ1) is 10.4. The fraction of sp³-hybridized carbons (Fsp3) is 0.368. The molecule has 0 spiro atoms. The van der Waals surface area contributed by atoms with Gasteiger partial charge in [0.1, 0.15) is 0 Å². The lowest BCUT2D eigenvalue weighted by Gasteiger charge is -2.18. The van der Waals surface area contributed by atoms with E-state index in [1.807, 2.05) is 0 Å². The molecule has 1 saturated heterocycles. The number of benzene rings is 2. The van der Waals surface area contributed by atoms with Crippen molar-refractivity contribution in [3.63, 3.8) is 0 Å². The van der Waals surface area contributed by atoms with E-state index >= 15 is 0 Å². The molecular formula is C19H22N2. The summed E-state index contributed by atoms with van der Waals surface area (Å²) in [6, 6.07) is 19.7. The van der Waals surface area contributed by atoms with Crippen LogP contribution >= 0.6 is 0 Å². The Hall–Kier alpha value is -1.80. The molecule has 2 aliphatic heterocycles. The first-order valence-corrected chi connectivity index (χ1v) is 7.99. The first kappa shape index (κ1) is 12.9. The van der Waals surface area contributed by atoms with Gasteiger partial charge in [-0.3, -0.25) is 4.90 Å². The van der Waals surface area contributed by atoms with E-state index in [0.717, 1.165) is 19.0 Å².